The van der Waals surface area contributed by atoms with Crippen LogP contribution in [0.4, 0.5) is 21.8 Å². The Morgan fingerprint density at radius 3 is 2.43 bits per heavy atom. The predicted octanol–water partition coefficient (Wildman–Crippen LogP) is 4.38. The minimum absolute atomic E-state index is 0.253. The van der Waals surface area contributed by atoms with E-state index in [0.29, 0.717) is 11.8 Å². The highest BCUT2D eigenvalue weighted by molar-refractivity contribution is 5.68. The van der Waals surface area contributed by atoms with E-state index < -0.39 is 0 Å². The van der Waals surface area contributed by atoms with Crippen LogP contribution in [0.25, 0.3) is 11.3 Å². The molecule has 0 amide bonds. The quantitative estimate of drug-likeness (QED) is 0.751. The van der Waals surface area contributed by atoms with E-state index in [1.165, 1.54) is 12.1 Å². The molecule has 0 fully saturated rings. The van der Waals surface area contributed by atoms with Crippen molar-refractivity contribution < 1.29 is 4.39 Å². The summed E-state index contributed by atoms with van der Waals surface area (Å²) in [5, 5.41) is 6.19. The van der Waals surface area contributed by atoms with Gasteiger partial charge in [0.1, 0.15) is 11.6 Å². The number of anilines is 3. The van der Waals surface area contributed by atoms with Gasteiger partial charge in [0.15, 0.2) is 0 Å². The molecule has 5 heteroatoms. The maximum atomic E-state index is 13.2. The molecule has 2 aromatic carbocycles. The van der Waals surface area contributed by atoms with Crippen LogP contribution in [0.3, 0.4) is 0 Å². The zero-order chi connectivity index (χ0) is 16.2. The normalized spacial score (nSPS) is 10.4. The van der Waals surface area contributed by atoms with Crippen LogP contribution in [0.15, 0.2) is 54.6 Å². The van der Waals surface area contributed by atoms with Crippen LogP contribution in [-0.2, 0) is 0 Å². The van der Waals surface area contributed by atoms with Gasteiger partial charge in [0.25, 0.3) is 0 Å². The molecule has 1 aromatic heterocycles. The van der Waals surface area contributed by atoms with Crippen LogP contribution in [-0.4, -0.2) is 17.0 Å². The van der Waals surface area contributed by atoms with Gasteiger partial charge in [-0.05, 0) is 30.7 Å². The van der Waals surface area contributed by atoms with Crippen molar-refractivity contribution in [1.29, 1.82) is 0 Å². The summed E-state index contributed by atoms with van der Waals surface area (Å²) in [5.74, 6) is 0.920. The van der Waals surface area contributed by atoms with Crippen LogP contribution in [0.5, 0.6) is 0 Å². The van der Waals surface area contributed by atoms with Gasteiger partial charge < -0.3 is 10.6 Å². The van der Waals surface area contributed by atoms with Crippen molar-refractivity contribution in [3.05, 3.63) is 66.0 Å². The van der Waals surface area contributed by atoms with Crippen molar-refractivity contribution >= 4 is 17.5 Å². The molecule has 0 spiro atoms. The second kappa shape index (κ2) is 6.44. The smallest absolute Gasteiger partial charge is 0.224 e. The molecule has 0 saturated carbocycles. The molecule has 4 nitrogen and oxygen atoms in total. The molecule has 3 rings (SSSR count). The Balaban J connectivity index is 1.99. The zero-order valence-corrected chi connectivity index (χ0v) is 13.0. The summed E-state index contributed by atoms with van der Waals surface area (Å²) in [7, 11) is 1.77. The first-order valence-electron chi connectivity index (χ1n) is 7.31. The van der Waals surface area contributed by atoms with Crippen molar-refractivity contribution in [2.75, 3.05) is 17.7 Å². The van der Waals surface area contributed by atoms with E-state index in [2.05, 4.69) is 20.6 Å². The van der Waals surface area contributed by atoms with Gasteiger partial charge in [-0.1, -0.05) is 30.3 Å². The Hall–Kier alpha value is -2.95. The third kappa shape index (κ3) is 3.45. The Morgan fingerprint density at radius 1 is 0.957 bits per heavy atom. The summed E-state index contributed by atoms with van der Waals surface area (Å²) < 4.78 is 13.2. The largest absolute Gasteiger partial charge is 0.357 e. The number of rotatable bonds is 4. The first kappa shape index (κ1) is 15.0. The van der Waals surface area contributed by atoms with Crippen molar-refractivity contribution in [1.82, 2.24) is 9.97 Å². The summed E-state index contributed by atoms with van der Waals surface area (Å²) >= 11 is 0. The van der Waals surface area contributed by atoms with Crippen molar-refractivity contribution in [3.8, 4) is 11.3 Å². The summed E-state index contributed by atoms with van der Waals surface area (Å²) in [4.78, 5) is 8.89. The van der Waals surface area contributed by atoms with Crippen LogP contribution >= 0.6 is 0 Å². The molecule has 0 aliphatic heterocycles. The van der Waals surface area contributed by atoms with Gasteiger partial charge in [-0.15, -0.1) is 0 Å². The first-order valence-corrected chi connectivity index (χ1v) is 7.31. The lowest BCUT2D eigenvalue weighted by Crippen LogP contribution is -2.03. The van der Waals surface area contributed by atoms with E-state index in [0.717, 1.165) is 22.5 Å². The number of hydrogen-bond donors (Lipinski definition) is 2. The second-order valence-corrected chi connectivity index (χ2v) is 5.16. The van der Waals surface area contributed by atoms with Crippen LogP contribution in [0, 0.1) is 12.7 Å². The number of nitrogens with zero attached hydrogens (tertiary/aromatic N) is 2. The molecule has 0 unspecified atom stereocenters. The summed E-state index contributed by atoms with van der Waals surface area (Å²) in [6, 6.07) is 16.4. The number of hydrogen-bond acceptors (Lipinski definition) is 4. The highest BCUT2D eigenvalue weighted by Gasteiger charge is 2.07. The lowest BCUT2D eigenvalue weighted by Gasteiger charge is -2.12. The third-order valence-corrected chi connectivity index (χ3v) is 3.47. The molecular formula is C18H17FN4. The van der Waals surface area contributed by atoms with Crippen LogP contribution in [0.1, 0.15) is 5.56 Å². The van der Waals surface area contributed by atoms with Crippen molar-refractivity contribution in [3.63, 3.8) is 0 Å². The lowest BCUT2D eigenvalue weighted by atomic mass is 10.1. The van der Waals surface area contributed by atoms with E-state index >= 15 is 0 Å². The molecule has 0 saturated heterocycles. The molecular weight excluding hydrogens is 291 g/mol. The topological polar surface area (TPSA) is 49.8 Å². The van der Waals surface area contributed by atoms with Gasteiger partial charge in [0.2, 0.25) is 5.95 Å². The van der Waals surface area contributed by atoms with Crippen molar-refractivity contribution in [2.24, 2.45) is 0 Å². The van der Waals surface area contributed by atoms with Crippen LogP contribution < -0.4 is 10.6 Å². The number of aryl methyl sites for hydroxylation is 1. The third-order valence-electron chi connectivity index (χ3n) is 3.47. The maximum Gasteiger partial charge on any atom is 0.224 e. The molecule has 0 atom stereocenters. The minimum atomic E-state index is -0.253. The highest BCUT2D eigenvalue weighted by atomic mass is 19.1. The van der Waals surface area contributed by atoms with Gasteiger partial charge in [0, 0.05) is 24.4 Å². The van der Waals surface area contributed by atoms with Crippen molar-refractivity contribution in [2.45, 2.75) is 6.92 Å². The minimum Gasteiger partial charge on any atom is -0.357 e. The summed E-state index contributed by atoms with van der Waals surface area (Å²) in [5.41, 5.74) is 3.44. The Bertz CT molecular complexity index is 819. The average molecular weight is 308 g/mol. The molecule has 0 bridgehead atoms. The van der Waals surface area contributed by atoms with Gasteiger partial charge in [0.05, 0.1) is 5.69 Å². The fourth-order valence-electron chi connectivity index (χ4n) is 2.29. The summed E-state index contributed by atoms with van der Waals surface area (Å²) in [6.45, 7) is 1.85. The van der Waals surface area contributed by atoms with E-state index in [9.17, 15) is 4.39 Å². The molecule has 1 heterocycles. The Kier molecular flexibility index (Phi) is 4.19. The molecule has 0 radical (unpaired) electrons. The Labute approximate surface area is 134 Å². The van der Waals surface area contributed by atoms with E-state index in [1.807, 2.05) is 43.3 Å². The number of nitrogens with one attached hydrogen (secondary N) is 2. The Morgan fingerprint density at radius 2 is 1.74 bits per heavy atom. The number of aromatic nitrogens is 2. The number of halogens is 1. The molecule has 0 aliphatic carbocycles. The first-order chi connectivity index (χ1) is 11.2. The van der Waals surface area contributed by atoms with E-state index in [1.54, 1.807) is 13.1 Å². The molecule has 0 aliphatic rings. The second-order valence-electron chi connectivity index (χ2n) is 5.16. The van der Waals surface area contributed by atoms with Gasteiger partial charge in [-0.2, -0.15) is 4.98 Å². The average Bonchev–Trinajstić information content (AvgIpc) is 2.58. The maximum absolute atomic E-state index is 13.2. The van der Waals surface area contributed by atoms with E-state index in [-0.39, 0.29) is 5.82 Å². The summed E-state index contributed by atoms with van der Waals surface area (Å²) in [6.07, 6.45) is 0. The molecule has 3 aromatic rings. The predicted molar refractivity (Wildman–Crippen MR) is 91.4 cm³/mol. The van der Waals surface area contributed by atoms with Gasteiger partial charge in [-0.3, -0.25) is 0 Å². The molecule has 2 N–H and O–H groups in total. The molecule has 116 valence electrons. The SMILES string of the molecule is CNc1nc(Nc2ccc(F)cc2C)cc(-c2ccccc2)n1. The van der Waals surface area contributed by atoms with Gasteiger partial charge in [-0.25, -0.2) is 9.37 Å². The van der Waals surface area contributed by atoms with Gasteiger partial charge >= 0.3 is 0 Å². The lowest BCUT2D eigenvalue weighted by molar-refractivity contribution is 0.627. The monoisotopic (exact) mass is 308 g/mol. The fourth-order valence-corrected chi connectivity index (χ4v) is 2.29. The zero-order valence-electron chi connectivity index (χ0n) is 13.0. The fraction of sp³-hybridized carbons (Fsp3) is 0.111. The van der Waals surface area contributed by atoms with E-state index in [4.69, 9.17) is 0 Å². The standard InChI is InChI=1S/C18H17FN4/c1-12-10-14(19)8-9-15(12)21-17-11-16(22-18(20-2)23-17)13-6-4-3-5-7-13/h3-11H,1-2H3,(H2,20,21,22,23). The highest BCUT2D eigenvalue weighted by Crippen LogP contribution is 2.25. The number of benzene rings is 2. The van der Waals surface area contributed by atoms with Crippen LogP contribution in [0.2, 0.25) is 0 Å². The molecule has 23 heavy (non-hydrogen) atoms.